The molecular weight excluding hydrogens is 723 g/mol. The minimum atomic E-state index is -0.560. The van der Waals surface area contributed by atoms with Crippen molar-refractivity contribution in [1.82, 2.24) is 9.97 Å². The largest absolute Gasteiger partial charge is 0.228 e. The maximum atomic E-state index is 9.29. The average molecular weight is 756 g/mol. The Balaban J connectivity index is 1.12. The summed E-state index contributed by atoms with van der Waals surface area (Å²) in [6.45, 7) is 0. The Morgan fingerprint density at radius 2 is 0.828 bits per heavy atom. The highest BCUT2D eigenvalue weighted by Crippen LogP contribution is 2.63. The maximum absolute atomic E-state index is 9.29. The standard InChI is InChI=1S/C54H33N3S/c55-34-35-19-21-36(22-20-35)37-23-25-38(26-24-37)41-27-29-43-44-30-28-42(50-33-49(39-11-3-1-4-12-39)56-53(57-50)40-13-5-2-6-14-40)32-48(44)54(47(43)31-41)45-15-7-9-17-51(45)58-52-18-10-8-16-46(52)54/h1-33H. The van der Waals surface area contributed by atoms with Crippen LogP contribution in [0.15, 0.2) is 210 Å². The van der Waals surface area contributed by atoms with E-state index in [1.807, 2.05) is 60.3 Å². The van der Waals surface area contributed by atoms with Crippen LogP contribution >= 0.6 is 11.8 Å². The molecule has 2 aliphatic rings. The predicted molar refractivity (Wildman–Crippen MR) is 235 cm³/mol. The molecule has 0 atom stereocenters. The Morgan fingerprint density at radius 3 is 1.41 bits per heavy atom. The molecule has 9 aromatic rings. The van der Waals surface area contributed by atoms with Gasteiger partial charge in [-0.05, 0) is 98.1 Å². The average Bonchev–Trinajstić information content (AvgIpc) is 3.58. The van der Waals surface area contributed by atoms with Crippen LogP contribution in [0, 0.1) is 11.3 Å². The van der Waals surface area contributed by atoms with E-state index in [2.05, 4.69) is 158 Å². The first kappa shape index (κ1) is 34.0. The second kappa shape index (κ2) is 13.7. The van der Waals surface area contributed by atoms with Crippen LogP contribution < -0.4 is 0 Å². The van der Waals surface area contributed by atoms with Crippen molar-refractivity contribution in [3.63, 3.8) is 0 Å². The van der Waals surface area contributed by atoms with E-state index in [0.29, 0.717) is 11.4 Å². The third-order valence-corrected chi connectivity index (χ3v) is 12.8. The van der Waals surface area contributed by atoms with Crippen LogP contribution in [0.5, 0.6) is 0 Å². The number of fused-ring (bicyclic) bond motifs is 9. The summed E-state index contributed by atoms with van der Waals surface area (Å²) in [5, 5.41) is 9.29. The third-order valence-electron chi connectivity index (χ3n) is 11.6. The quantitative estimate of drug-likeness (QED) is 0.175. The lowest BCUT2D eigenvalue weighted by Gasteiger charge is -2.40. The zero-order chi connectivity index (χ0) is 38.6. The smallest absolute Gasteiger partial charge is 0.160 e. The Labute approximate surface area is 342 Å². The molecule has 1 aliphatic heterocycles. The molecule has 0 radical (unpaired) electrons. The van der Waals surface area contributed by atoms with Crippen LogP contribution in [-0.4, -0.2) is 9.97 Å². The number of nitrogens with zero attached hydrogens (tertiary/aromatic N) is 3. The predicted octanol–water partition coefficient (Wildman–Crippen LogP) is 13.5. The number of hydrogen-bond acceptors (Lipinski definition) is 4. The summed E-state index contributed by atoms with van der Waals surface area (Å²) in [6.07, 6.45) is 0. The molecule has 8 aromatic carbocycles. The minimum absolute atomic E-state index is 0.560. The zero-order valence-electron chi connectivity index (χ0n) is 31.3. The number of benzene rings is 8. The molecule has 4 heteroatoms. The van der Waals surface area contributed by atoms with Gasteiger partial charge < -0.3 is 0 Å². The molecule has 1 aliphatic carbocycles. The van der Waals surface area contributed by atoms with Crippen LogP contribution in [0.3, 0.4) is 0 Å². The number of nitriles is 1. The normalized spacial score (nSPS) is 12.9. The van der Waals surface area contributed by atoms with Crippen molar-refractivity contribution in [3.8, 4) is 73.4 Å². The van der Waals surface area contributed by atoms with Gasteiger partial charge in [0.25, 0.3) is 0 Å². The molecule has 58 heavy (non-hydrogen) atoms. The van der Waals surface area contributed by atoms with E-state index in [0.717, 1.165) is 44.8 Å². The molecule has 1 aromatic heterocycles. The fourth-order valence-corrected chi connectivity index (χ4v) is 10.1. The second-order valence-corrected chi connectivity index (χ2v) is 15.9. The summed E-state index contributed by atoms with van der Waals surface area (Å²) in [5.74, 6) is 0.704. The van der Waals surface area contributed by atoms with Gasteiger partial charge in [-0.15, -0.1) is 0 Å². The van der Waals surface area contributed by atoms with Crippen molar-refractivity contribution >= 4 is 11.8 Å². The first-order valence-corrected chi connectivity index (χ1v) is 20.3. The second-order valence-electron chi connectivity index (χ2n) is 14.8. The van der Waals surface area contributed by atoms with Gasteiger partial charge in [0.15, 0.2) is 5.82 Å². The van der Waals surface area contributed by atoms with Gasteiger partial charge in [-0.3, -0.25) is 0 Å². The SMILES string of the molecule is N#Cc1ccc(-c2ccc(-c3ccc4c(c3)C3(c5ccccc5Sc5ccccc53)c3cc(-c5cc(-c6ccccc6)nc(-c6ccccc6)n5)ccc3-4)cc2)cc1. The van der Waals surface area contributed by atoms with E-state index in [-0.39, 0.29) is 0 Å². The number of rotatable bonds is 5. The first-order chi connectivity index (χ1) is 28.7. The van der Waals surface area contributed by atoms with E-state index >= 15 is 0 Å². The Hall–Kier alpha value is -7.32. The number of aromatic nitrogens is 2. The molecular formula is C54H33N3S. The molecule has 3 nitrogen and oxygen atoms in total. The summed E-state index contributed by atoms with van der Waals surface area (Å²) < 4.78 is 0. The van der Waals surface area contributed by atoms with E-state index in [1.165, 1.54) is 48.7 Å². The van der Waals surface area contributed by atoms with Crippen molar-refractivity contribution < 1.29 is 0 Å². The third kappa shape index (κ3) is 5.44. The van der Waals surface area contributed by atoms with E-state index in [9.17, 15) is 5.26 Å². The fourth-order valence-electron chi connectivity index (χ4n) is 8.90. The van der Waals surface area contributed by atoms with Gasteiger partial charge in [0.2, 0.25) is 0 Å². The van der Waals surface area contributed by atoms with Gasteiger partial charge in [0.1, 0.15) is 0 Å². The molecule has 2 heterocycles. The highest BCUT2D eigenvalue weighted by Gasteiger charge is 2.50. The van der Waals surface area contributed by atoms with Crippen LogP contribution in [0.2, 0.25) is 0 Å². The van der Waals surface area contributed by atoms with E-state index < -0.39 is 5.41 Å². The van der Waals surface area contributed by atoms with Crippen molar-refractivity contribution in [1.29, 1.82) is 5.26 Å². The lowest BCUT2D eigenvalue weighted by Crippen LogP contribution is -2.32. The van der Waals surface area contributed by atoms with Crippen LogP contribution in [0.4, 0.5) is 0 Å². The molecule has 0 saturated carbocycles. The van der Waals surface area contributed by atoms with Gasteiger partial charge in [-0.2, -0.15) is 5.26 Å². The Morgan fingerprint density at radius 1 is 0.379 bits per heavy atom. The lowest BCUT2D eigenvalue weighted by molar-refractivity contribution is 0.723. The Kier molecular flexibility index (Phi) is 8.03. The molecule has 0 bridgehead atoms. The van der Waals surface area contributed by atoms with Crippen molar-refractivity contribution in [2.24, 2.45) is 0 Å². The van der Waals surface area contributed by atoms with E-state index in [1.54, 1.807) is 0 Å². The fraction of sp³-hybridized carbons (Fsp3) is 0.0185. The van der Waals surface area contributed by atoms with Crippen molar-refractivity contribution in [2.45, 2.75) is 15.2 Å². The lowest BCUT2D eigenvalue weighted by atomic mass is 9.67. The zero-order valence-corrected chi connectivity index (χ0v) is 32.1. The summed E-state index contributed by atoms with van der Waals surface area (Å²) in [7, 11) is 0. The van der Waals surface area contributed by atoms with Gasteiger partial charge in [-0.1, -0.05) is 169 Å². The van der Waals surface area contributed by atoms with Crippen LogP contribution in [-0.2, 0) is 5.41 Å². The molecule has 0 saturated heterocycles. The van der Waals surface area contributed by atoms with Crippen molar-refractivity contribution in [3.05, 3.63) is 228 Å². The summed E-state index contributed by atoms with van der Waals surface area (Å²) in [6, 6.07) is 73.4. The molecule has 1 spiro atoms. The van der Waals surface area contributed by atoms with Gasteiger partial charge in [-0.25, -0.2) is 9.97 Å². The number of hydrogen-bond donors (Lipinski definition) is 0. The topological polar surface area (TPSA) is 49.6 Å². The Bertz CT molecular complexity index is 2970. The van der Waals surface area contributed by atoms with Gasteiger partial charge in [0.05, 0.1) is 28.4 Å². The van der Waals surface area contributed by atoms with Gasteiger partial charge in [0, 0.05) is 26.5 Å². The molecule has 270 valence electrons. The summed E-state index contributed by atoms with van der Waals surface area (Å²) in [4.78, 5) is 12.9. The molecule has 11 rings (SSSR count). The van der Waals surface area contributed by atoms with Crippen molar-refractivity contribution in [2.75, 3.05) is 0 Å². The van der Waals surface area contributed by atoms with E-state index in [4.69, 9.17) is 9.97 Å². The molecule has 0 amide bonds. The monoisotopic (exact) mass is 755 g/mol. The molecule has 0 unspecified atom stereocenters. The highest BCUT2D eigenvalue weighted by molar-refractivity contribution is 7.99. The molecule has 0 fully saturated rings. The minimum Gasteiger partial charge on any atom is -0.228 e. The van der Waals surface area contributed by atoms with Gasteiger partial charge >= 0.3 is 0 Å². The first-order valence-electron chi connectivity index (χ1n) is 19.4. The maximum Gasteiger partial charge on any atom is 0.160 e. The summed E-state index contributed by atoms with van der Waals surface area (Å²) in [5.41, 5.74) is 17.1. The molecule has 0 N–H and O–H groups in total. The highest BCUT2D eigenvalue weighted by atomic mass is 32.2. The van der Waals surface area contributed by atoms with Crippen LogP contribution in [0.25, 0.3) is 67.3 Å². The van der Waals surface area contributed by atoms with Crippen LogP contribution in [0.1, 0.15) is 27.8 Å². The summed E-state index contributed by atoms with van der Waals surface area (Å²) >= 11 is 1.86.